The smallest absolute Gasteiger partial charge is 0.224 e. The highest BCUT2D eigenvalue weighted by Crippen LogP contribution is 2.20. The molecule has 108 valence electrons. The maximum Gasteiger partial charge on any atom is 0.224 e. The van der Waals surface area contributed by atoms with Gasteiger partial charge in [-0.1, -0.05) is 32.6 Å². The van der Waals surface area contributed by atoms with Gasteiger partial charge in [0.1, 0.15) is 5.82 Å². The molecule has 2 N–H and O–H groups in total. The molecular formula is C16H20FNO2. The molecule has 20 heavy (non-hydrogen) atoms. The van der Waals surface area contributed by atoms with E-state index in [1.165, 1.54) is 12.1 Å². The monoisotopic (exact) mass is 277 g/mol. The van der Waals surface area contributed by atoms with Crippen molar-refractivity contribution in [1.29, 1.82) is 0 Å². The van der Waals surface area contributed by atoms with Crippen molar-refractivity contribution in [3.63, 3.8) is 0 Å². The van der Waals surface area contributed by atoms with Crippen LogP contribution in [0.4, 0.5) is 10.1 Å². The number of carbonyl (C=O) groups is 1. The van der Waals surface area contributed by atoms with E-state index >= 15 is 0 Å². The SMILES string of the molecule is CC(C)(C)CC(=O)Nc1ccc(C#CCCO)c(F)c1. The van der Waals surface area contributed by atoms with Crippen molar-refractivity contribution in [2.24, 2.45) is 5.41 Å². The van der Waals surface area contributed by atoms with Gasteiger partial charge in [-0.05, 0) is 23.6 Å². The second-order valence-electron chi connectivity index (χ2n) is 5.76. The average molecular weight is 277 g/mol. The van der Waals surface area contributed by atoms with Crippen LogP contribution in [0.2, 0.25) is 0 Å². The molecule has 0 aromatic heterocycles. The summed E-state index contributed by atoms with van der Waals surface area (Å²) in [6.45, 7) is 5.85. The zero-order valence-electron chi connectivity index (χ0n) is 12.1. The normalized spacial score (nSPS) is 10.7. The van der Waals surface area contributed by atoms with Crippen molar-refractivity contribution in [3.05, 3.63) is 29.6 Å². The van der Waals surface area contributed by atoms with E-state index in [1.807, 2.05) is 20.8 Å². The van der Waals surface area contributed by atoms with Gasteiger partial charge in [0, 0.05) is 18.5 Å². The predicted octanol–water partition coefficient (Wildman–Crippen LogP) is 2.93. The number of rotatable bonds is 3. The van der Waals surface area contributed by atoms with Crippen LogP contribution in [-0.4, -0.2) is 17.6 Å². The minimum absolute atomic E-state index is 0.0461. The Balaban J connectivity index is 2.73. The molecule has 1 aromatic rings. The molecule has 1 amide bonds. The Morgan fingerprint density at radius 2 is 2.10 bits per heavy atom. The van der Waals surface area contributed by atoms with E-state index in [0.29, 0.717) is 18.5 Å². The molecule has 0 unspecified atom stereocenters. The molecular weight excluding hydrogens is 257 g/mol. The second-order valence-corrected chi connectivity index (χ2v) is 5.76. The number of amides is 1. The maximum absolute atomic E-state index is 13.7. The highest BCUT2D eigenvalue weighted by atomic mass is 19.1. The van der Waals surface area contributed by atoms with E-state index in [-0.39, 0.29) is 23.5 Å². The number of nitrogens with one attached hydrogen (secondary N) is 1. The molecule has 0 aliphatic carbocycles. The zero-order chi connectivity index (χ0) is 15.2. The van der Waals surface area contributed by atoms with Crippen LogP contribution in [0.1, 0.15) is 39.2 Å². The third kappa shape index (κ3) is 5.85. The number of anilines is 1. The number of aliphatic hydroxyl groups is 1. The highest BCUT2D eigenvalue weighted by Gasteiger charge is 2.16. The number of hydrogen-bond acceptors (Lipinski definition) is 2. The van der Waals surface area contributed by atoms with Crippen molar-refractivity contribution >= 4 is 11.6 Å². The minimum Gasteiger partial charge on any atom is -0.395 e. The summed E-state index contributed by atoms with van der Waals surface area (Å²) in [6.07, 6.45) is 0.677. The summed E-state index contributed by atoms with van der Waals surface area (Å²) in [5.74, 6) is 4.67. The number of benzene rings is 1. The number of halogens is 1. The molecule has 1 aromatic carbocycles. The fourth-order valence-corrected chi connectivity index (χ4v) is 1.59. The Labute approximate surface area is 119 Å². The van der Waals surface area contributed by atoms with E-state index in [9.17, 15) is 9.18 Å². The summed E-state index contributed by atoms with van der Waals surface area (Å²) in [5.41, 5.74) is 0.565. The zero-order valence-corrected chi connectivity index (χ0v) is 12.1. The van der Waals surface area contributed by atoms with Crippen molar-refractivity contribution in [2.45, 2.75) is 33.6 Å². The number of carbonyl (C=O) groups excluding carboxylic acids is 1. The van der Waals surface area contributed by atoms with Gasteiger partial charge in [-0.2, -0.15) is 0 Å². The van der Waals surface area contributed by atoms with Gasteiger partial charge >= 0.3 is 0 Å². The van der Waals surface area contributed by atoms with Crippen LogP contribution in [0, 0.1) is 23.1 Å². The van der Waals surface area contributed by atoms with Gasteiger partial charge < -0.3 is 10.4 Å². The Bertz CT molecular complexity index is 536. The van der Waals surface area contributed by atoms with Gasteiger partial charge in [0.05, 0.1) is 12.2 Å². The summed E-state index contributed by atoms with van der Waals surface area (Å²) >= 11 is 0. The summed E-state index contributed by atoms with van der Waals surface area (Å²) in [4.78, 5) is 11.7. The van der Waals surface area contributed by atoms with E-state index in [0.717, 1.165) is 0 Å². The first-order chi connectivity index (χ1) is 9.31. The highest BCUT2D eigenvalue weighted by molar-refractivity contribution is 5.91. The number of hydrogen-bond donors (Lipinski definition) is 2. The average Bonchev–Trinajstić information content (AvgIpc) is 2.29. The lowest BCUT2D eigenvalue weighted by Crippen LogP contribution is -2.19. The second kappa shape index (κ2) is 7.06. The summed E-state index contributed by atoms with van der Waals surface area (Å²) in [6, 6.07) is 4.39. The first-order valence-electron chi connectivity index (χ1n) is 6.51. The Morgan fingerprint density at radius 1 is 1.40 bits per heavy atom. The lowest BCUT2D eigenvalue weighted by molar-refractivity contribution is -0.117. The predicted molar refractivity (Wildman–Crippen MR) is 77.7 cm³/mol. The lowest BCUT2D eigenvalue weighted by Gasteiger charge is -2.17. The van der Waals surface area contributed by atoms with Crippen molar-refractivity contribution < 1.29 is 14.3 Å². The molecule has 0 aliphatic rings. The molecule has 3 nitrogen and oxygen atoms in total. The molecule has 0 radical (unpaired) electrons. The largest absolute Gasteiger partial charge is 0.395 e. The first-order valence-corrected chi connectivity index (χ1v) is 6.51. The van der Waals surface area contributed by atoms with E-state index < -0.39 is 5.82 Å². The third-order valence-corrected chi connectivity index (χ3v) is 2.40. The van der Waals surface area contributed by atoms with Crippen LogP contribution in [0.5, 0.6) is 0 Å². The summed E-state index contributed by atoms with van der Waals surface area (Å²) in [5, 5.41) is 11.3. The van der Waals surface area contributed by atoms with E-state index in [1.54, 1.807) is 6.07 Å². The number of aliphatic hydroxyl groups excluding tert-OH is 1. The van der Waals surface area contributed by atoms with Gasteiger partial charge in [0.25, 0.3) is 0 Å². The van der Waals surface area contributed by atoms with Crippen molar-refractivity contribution in [1.82, 2.24) is 0 Å². The van der Waals surface area contributed by atoms with Crippen LogP contribution < -0.4 is 5.32 Å². The molecule has 4 heteroatoms. The van der Waals surface area contributed by atoms with Gasteiger partial charge in [0.2, 0.25) is 5.91 Å². The lowest BCUT2D eigenvalue weighted by atomic mass is 9.92. The first kappa shape index (κ1) is 16.2. The fourth-order valence-electron chi connectivity index (χ4n) is 1.59. The van der Waals surface area contributed by atoms with Gasteiger partial charge in [-0.3, -0.25) is 4.79 Å². The van der Waals surface area contributed by atoms with Crippen LogP contribution in [0.15, 0.2) is 18.2 Å². The molecule has 0 atom stereocenters. The molecule has 1 rings (SSSR count). The molecule has 0 spiro atoms. The molecule has 0 saturated carbocycles. The molecule has 0 saturated heterocycles. The minimum atomic E-state index is -0.482. The quantitative estimate of drug-likeness (QED) is 0.835. The summed E-state index contributed by atoms with van der Waals surface area (Å²) < 4.78 is 13.7. The molecule has 0 fully saturated rings. The van der Waals surface area contributed by atoms with Crippen LogP contribution >= 0.6 is 0 Å². The van der Waals surface area contributed by atoms with Gasteiger partial charge in [-0.25, -0.2) is 4.39 Å². The summed E-state index contributed by atoms with van der Waals surface area (Å²) in [7, 11) is 0. The van der Waals surface area contributed by atoms with E-state index in [4.69, 9.17) is 5.11 Å². The van der Waals surface area contributed by atoms with Gasteiger partial charge in [-0.15, -0.1) is 0 Å². The maximum atomic E-state index is 13.7. The van der Waals surface area contributed by atoms with Crippen LogP contribution in [0.3, 0.4) is 0 Å². The van der Waals surface area contributed by atoms with Crippen molar-refractivity contribution in [3.8, 4) is 11.8 Å². The molecule has 0 bridgehead atoms. The van der Waals surface area contributed by atoms with E-state index in [2.05, 4.69) is 17.2 Å². The standard InChI is InChI=1S/C16H20FNO2/c1-16(2,3)11-15(20)18-13-8-7-12(14(17)10-13)6-4-5-9-19/h7-8,10,19H,5,9,11H2,1-3H3,(H,18,20). The molecule has 0 aliphatic heterocycles. The van der Waals surface area contributed by atoms with Gasteiger partial charge in [0.15, 0.2) is 0 Å². The van der Waals surface area contributed by atoms with Crippen LogP contribution in [-0.2, 0) is 4.79 Å². The molecule has 0 heterocycles. The van der Waals surface area contributed by atoms with Crippen molar-refractivity contribution in [2.75, 3.05) is 11.9 Å². The third-order valence-electron chi connectivity index (χ3n) is 2.40. The fraction of sp³-hybridized carbons (Fsp3) is 0.438. The topological polar surface area (TPSA) is 49.3 Å². The Morgan fingerprint density at radius 3 is 2.65 bits per heavy atom. The Kier molecular flexibility index (Phi) is 5.72. The van der Waals surface area contributed by atoms with Crippen LogP contribution in [0.25, 0.3) is 0 Å². The Hall–Kier alpha value is -1.86.